The maximum atomic E-state index is 12.1. The van der Waals surface area contributed by atoms with Crippen molar-refractivity contribution in [2.45, 2.75) is 31.8 Å². The van der Waals surface area contributed by atoms with Gasteiger partial charge in [0.2, 0.25) is 0 Å². The first-order valence-electron chi connectivity index (χ1n) is 5.88. The van der Waals surface area contributed by atoms with Gasteiger partial charge in [0.25, 0.3) is 10.2 Å². The Labute approximate surface area is 111 Å². The lowest BCUT2D eigenvalue weighted by Crippen LogP contribution is -2.50. The topological polar surface area (TPSA) is 82.5 Å². The summed E-state index contributed by atoms with van der Waals surface area (Å²) >= 11 is 1.43. The van der Waals surface area contributed by atoms with Crippen LogP contribution in [0.15, 0.2) is 10.9 Å². The van der Waals surface area contributed by atoms with Crippen molar-refractivity contribution < 1.29 is 13.5 Å². The minimum Gasteiger partial charge on any atom is -0.395 e. The fourth-order valence-electron chi connectivity index (χ4n) is 2.05. The molecule has 1 aromatic rings. The minimum atomic E-state index is -3.53. The predicted octanol–water partition coefficient (Wildman–Crippen LogP) is 0.324. The lowest BCUT2D eigenvalue weighted by molar-refractivity contribution is 0.154. The summed E-state index contributed by atoms with van der Waals surface area (Å²) in [5.41, 5.74) is 2.38. The molecule has 2 heterocycles. The number of hydrogen-bond acceptors (Lipinski definition) is 5. The zero-order chi connectivity index (χ0) is 13.0. The normalized spacial score (nSPS) is 22.2. The van der Waals surface area contributed by atoms with Gasteiger partial charge in [-0.05, 0) is 12.8 Å². The Bertz CT molecular complexity index is 461. The van der Waals surface area contributed by atoms with Gasteiger partial charge in [-0.2, -0.15) is 17.4 Å². The van der Waals surface area contributed by atoms with Crippen LogP contribution in [0.25, 0.3) is 0 Å². The van der Waals surface area contributed by atoms with Gasteiger partial charge in [-0.15, -0.1) is 11.3 Å². The summed E-state index contributed by atoms with van der Waals surface area (Å²) in [6.45, 7) is 0.537. The third-order valence-electron chi connectivity index (χ3n) is 3.01. The molecule has 0 bridgehead atoms. The summed E-state index contributed by atoms with van der Waals surface area (Å²) < 4.78 is 28.1. The quantitative estimate of drug-likeness (QED) is 0.819. The van der Waals surface area contributed by atoms with Gasteiger partial charge in [0, 0.05) is 18.0 Å². The Balaban J connectivity index is 2.00. The molecule has 102 valence electrons. The Morgan fingerprint density at radius 3 is 3.06 bits per heavy atom. The van der Waals surface area contributed by atoms with Crippen LogP contribution >= 0.6 is 11.3 Å². The lowest BCUT2D eigenvalue weighted by Gasteiger charge is -2.33. The van der Waals surface area contributed by atoms with Gasteiger partial charge in [-0.1, -0.05) is 6.42 Å². The molecule has 1 aliphatic heterocycles. The van der Waals surface area contributed by atoms with Crippen LogP contribution in [0.3, 0.4) is 0 Å². The van der Waals surface area contributed by atoms with Crippen molar-refractivity contribution in [1.29, 1.82) is 0 Å². The van der Waals surface area contributed by atoms with E-state index in [-0.39, 0.29) is 19.2 Å². The van der Waals surface area contributed by atoms with E-state index in [2.05, 4.69) is 9.71 Å². The highest BCUT2D eigenvalue weighted by atomic mass is 32.2. The van der Waals surface area contributed by atoms with E-state index in [1.54, 1.807) is 5.51 Å². The number of aromatic nitrogens is 1. The average molecular weight is 291 g/mol. The van der Waals surface area contributed by atoms with Crippen molar-refractivity contribution in [3.63, 3.8) is 0 Å². The van der Waals surface area contributed by atoms with Crippen molar-refractivity contribution in [1.82, 2.24) is 14.0 Å². The fourth-order valence-corrected chi connectivity index (χ4v) is 4.03. The van der Waals surface area contributed by atoms with Gasteiger partial charge in [-0.3, -0.25) is 0 Å². The van der Waals surface area contributed by atoms with Gasteiger partial charge in [-0.25, -0.2) is 4.98 Å². The number of thiazole rings is 1. The maximum Gasteiger partial charge on any atom is 0.280 e. The Kier molecular flexibility index (Phi) is 4.68. The van der Waals surface area contributed by atoms with Crippen molar-refractivity contribution in [3.8, 4) is 0 Å². The molecule has 1 aliphatic rings. The molecule has 0 aromatic carbocycles. The first-order valence-corrected chi connectivity index (χ1v) is 8.26. The molecule has 1 fully saturated rings. The second-order valence-corrected chi connectivity index (χ2v) is 6.68. The number of aliphatic hydroxyl groups excluding tert-OH is 1. The monoisotopic (exact) mass is 291 g/mol. The Hall–Kier alpha value is -0.540. The number of nitrogens with zero attached hydrogens (tertiary/aromatic N) is 2. The summed E-state index contributed by atoms with van der Waals surface area (Å²) in [7, 11) is -3.53. The van der Waals surface area contributed by atoms with E-state index in [0.29, 0.717) is 18.7 Å². The summed E-state index contributed by atoms with van der Waals surface area (Å²) in [5.74, 6) is 0. The number of rotatable bonds is 5. The first-order chi connectivity index (χ1) is 8.63. The van der Waals surface area contributed by atoms with Gasteiger partial charge in [0.05, 0.1) is 24.4 Å². The largest absolute Gasteiger partial charge is 0.395 e. The molecule has 2 rings (SSSR count). The molecule has 0 saturated carbocycles. The van der Waals surface area contributed by atoms with Gasteiger partial charge in [0.15, 0.2) is 0 Å². The molecular weight excluding hydrogens is 274 g/mol. The summed E-state index contributed by atoms with van der Waals surface area (Å²) in [5, 5.41) is 11.0. The number of piperidine rings is 1. The van der Waals surface area contributed by atoms with Gasteiger partial charge in [0.1, 0.15) is 0 Å². The molecule has 2 N–H and O–H groups in total. The van der Waals surface area contributed by atoms with Crippen molar-refractivity contribution in [3.05, 3.63) is 16.6 Å². The van der Waals surface area contributed by atoms with E-state index in [1.165, 1.54) is 15.6 Å². The highest BCUT2D eigenvalue weighted by Gasteiger charge is 2.31. The summed E-state index contributed by atoms with van der Waals surface area (Å²) in [6.07, 6.45) is 2.52. The van der Waals surface area contributed by atoms with Gasteiger partial charge < -0.3 is 5.11 Å². The number of nitrogens with one attached hydrogen (secondary N) is 1. The third kappa shape index (κ3) is 3.27. The molecule has 1 atom stereocenters. The van der Waals surface area contributed by atoms with E-state index in [4.69, 9.17) is 0 Å². The van der Waals surface area contributed by atoms with E-state index in [1.807, 2.05) is 5.38 Å². The van der Waals surface area contributed by atoms with Crippen LogP contribution in [-0.2, 0) is 16.8 Å². The van der Waals surface area contributed by atoms with Crippen LogP contribution in [0.5, 0.6) is 0 Å². The zero-order valence-electron chi connectivity index (χ0n) is 9.95. The number of hydrogen-bond donors (Lipinski definition) is 2. The lowest BCUT2D eigenvalue weighted by atomic mass is 10.1. The second kappa shape index (κ2) is 6.07. The van der Waals surface area contributed by atoms with E-state index in [0.717, 1.165) is 12.8 Å². The molecule has 0 spiro atoms. The molecular formula is C10H17N3O3S2. The molecule has 0 aliphatic carbocycles. The van der Waals surface area contributed by atoms with Crippen molar-refractivity contribution in [2.24, 2.45) is 0 Å². The van der Waals surface area contributed by atoms with Gasteiger partial charge >= 0.3 is 0 Å². The van der Waals surface area contributed by atoms with Crippen LogP contribution in [-0.4, -0.2) is 42.0 Å². The molecule has 0 amide bonds. The van der Waals surface area contributed by atoms with E-state index >= 15 is 0 Å². The molecule has 6 nitrogen and oxygen atoms in total. The van der Waals surface area contributed by atoms with Crippen LogP contribution in [0, 0.1) is 0 Å². The summed E-state index contributed by atoms with van der Waals surface area (Å²) in [6, 6.07) is -0.299. The van der Waals surface area contributed by atoms with Crippen molar-refractivity contribution >= 4 is 21.5 Å². The SMILES string of the molecule is O=S(=O)(NCc1cscn1)N1CCCCC1CO. The third-order valence-corrected chi connectivity index (χ3v) is 5.25. The zero-order valence-corrected chi connectivity index (χ0v) is 11.6. The fraction of sp³-hybridized carbons (Fsp3) is 0.700. The molecule has 1 saturated heterocycles. The number of aliphatic hydroxyl groups is 1. The average Bonchev–Trinajstić information content (AvgIpc) is 2.89. The van der Waals surface area contributed by atoms with Crippen LogP contribution < -0.4 is 4.72 Å². The van der Waals surface area contributed by atoms with E-state index < -0.39 is 10.2 Å². The van der Waals surface area contributed by atoms with Crippen LogP contribution in [0.4, 0.5) is 0 Å². The second-order valence-electron chi connectivity index (χ2n) is 4.25. The molecule has 18 heavy (non-hydrogen) atoms. The highest BCUT2D eigenvalue weighted by Crippen LogP contribution is 2.19. The van der Waals surface area contributed by atoms with Crippen LogP contribution in [0.1, 0.15) is 25.0 Å². The first kappa shape index (κ1) is 13.9. The molecule has 0 radical (unpaired) electrons. The molecule has 1 unspecified atom stereocenters. The smallest absolute Gasteiger partial charge is 0.280 e. The van der Waals surface area contributed by atoms with E-state index in [9.17, 15) is 13.5 Å². The summed E-state index contributed by atoms with van der Waals surface area (Å²) in [4.78, 5) is 4.03. The minimum absolute atomic E-state index is 0.127. The molecule has 8 heteroatoms. The maximum absolute atomic E-state index is 12.1. The van der Waals surface area contributed by atoms with Crippen LogP contribution in [0.2, 0.25) is 0 Å². The highest BCUT2D eigenvalue weighted by molar-refractivity contribution is 7.87. The Morgan fingerprint density at radius 2 is 2.39 bits per heavy atom. The standard InChI is InChI=1S/C10H17N3O3S2/c14-6-10-3-1-2-4-13(10)18(15,16)12-5-9-7-17-8-11-9/h7-8,10,12,14H,1-6H2. The Morgan fingerprint density at radius 1 is 1.56 bits per heavy atom. The molecule has 1 aromatic heterocycles. The predicted molar refractivity (Wildman–Crippen MR) is 69.3 cm³/mol. The van der Waals surface area contributed by atoms with Crippen molar-refractivity contribution in [2.75, 3.05) is 13.2 Å².